The Bertz CT molecular complexity index is 347. The second-order valence-corrected chi connectivity index (χ2v) is 5.22. The van der Waals surface area contributed by atoms with Crippen LogP contribution in [0, 0.1) is 5.92 Å². The first kappa shape index (κ1) is 13.6. The van der Waals surface area contributed by atoms with Gasteiger partial charge in [0.2, 0.25) is 0 Å². The lowest BCUT2D eigenvalue weighted by Gasteiger charge is -2.43. The van der Waals surface area contributed by atoms with Crippen molar-refractivity contribution in [1.82, 2.24) is 4.90 Å². The lowest BCUT2D eigenvalue weighted by Crippen LogP contribution is -2.56. The van der Waals surface area contributed by atoms with E-state index in [1.807, 2.05) is 12.1 Å². The van der Waals surface area contributed by atoms with Crippen molar-refractivity contribution in [3.8, 4) is 0 Å². The van der Waals surface area contributed by atoms with Gasteiger partial charge in [0.05, 0.1) is 19.4 Å². The molecule has 2 rings (SSSR count). The summed E-state index contributed by atoms with van der Waals surface area (Å²) in [6.07, 6.45) is 2.82. The molecule has 102 valence electrons. The molecule has 1 aromatic rings. The van der Waals surface area contributed by atoms with Gasteiger partial charge in [-0.25, -0.2) is 0 Å². The van der Waals surface area contributed by atoms with Crippen molar-refractivity contribution in [2.24, 2.45) is 11.7 Å². The second-order valence-electron chi connectivity index (χ2n) is 5.22. The third kappa shape index (κ3) is 2.60. The molecule has 0 amide bonds. The Labute approximate surface area is 109 Å². The molecule has 2 unspecified atom stereocenters. The third-order valence-corrected chi connectivity index (χ3v) is 4.25. The maximum Gasteiger partial charge on any atom is 0.117 e. The lowest BCUT2D eigenvalue weighted by molar-refractivity contribution is 0.0379. The zero-order valence-corrected chi connectivity index (χ0v) is 11.4. The van der Waals surface area contributed by atoms with Crippen molar-refractivity contribution in [2.45, 2.75) is 32.4 Å². The molecule has 1 aliphatic rings. The molecular formula is C14H24N2O2. The van der Waals surface area contributed by atoms with E-state index in [1.54, 1.807) is 6.26 Å². The summed E-state index contributed by atoms with van der Waals surface area (Å²) in [5.41, 5.74) is 6.05. The fourth-order valence-electron chi connectivity index (χ4n) is 2.82. The molecule has 1 aliphatic heterocycles. The smallest absolute Gasteiger partial charge is 0.117 e. The van der Waals surface area contributed by atoms with Crippen molar-refractivity contribution in [2.75, 3.05) is 26.3 Å². The van der Waals surface area contributed by atoms with Crippen molar-refractivity contribution >= 4 is 0 Å². The highest BCUT2D eigenvalue weighted by Crippen LogP contribution is 2.31. The first-order chi connectivity index (χ1) is 8.70. The van der Waals surface area contributed by atoms with E-state index in [0.717, 1.165) is 38.5 Å². The molecule has 0 aromatic carbocycles. The van der Waals surface area contributed by atoms with Crippen LogP contribution in [-0.4, -0.2) is 36.7 Å². The van der Waals surface area contributed by atoms with Crippen LogP contribution in [0.15, 0.2) is 22.8 Å². The summed E-state index contributed by atoms with van der Waals surface area (Å²) in [5, 5.41) is 0. The van der Waals surface area contributed by atoms with Gasteiger partial charge in [-0.3, -0.25) is 4.90 Å². The van der Waals surface area contributed by atoms with E-state index in [0.29, 0.717) is 12.5 Å². The van der Waals surface area contributed by atoms with Gasteiger partial charge in [-0.1, -0.05) is 6.92 Å². The van der Waals surface area contributed by atoms with Crippen molar-refractivity contribution in [1.29, 1.82) is 0 Å². The summed E-state index contributed by atoms with van der Waals surface area (Å²) in [6.45, 7) is 8.53. The molecule has 2 N–H and O–H groups in total. The van der Waals surface area contributed by atoms with Gasteiger partial charge in [0, 0.05) is 24.6 Å². The van der Waals surface area contributed by atoms with Crippen LogP contribution in [0.25, 0.3) is 0 Å². The average Bonchev–Trinajstić information content (AvgIpc) is 3.07. The fourth-order valence-corrected chi connectivity index (χ4v) is 2.82. The van der Waals surface area contributed by atoms with Crippen molar-refractivity contribution in [3.63, 3.8) is 0 Å². The van der Waals surface area contributed by atoms with E-state index in [9.17, 15) is 0 Å². The zero-order valence-electron chi connectivity index (χ0n) is 11.4. The highest BCUT2D eigenvalue weighted by molar-refractivity contribution is 5.02. The second kappa shape index (κ2) is 5.87. The highest BCUT2D eigenvalue weighted by atomic mass is 16.5. The zero-order chi connectivity index (χ0) is 13.0. The number of rotatable bonds is 6. The Morgan fingerprint density at radius 3 is 2.89 bits per heavy atom. The highest BCUT2D eigenvalue weighted by Gasteiger charge is 2.40. The van der Waals surface area contributed by atoms with Crippen LogP contribution in [0.2, 0.25) is 0 Å². The van der Waals surface area contributed by atoms with E-state index in [4.69, 9.17) is 14.9 Å². The maximum absolute atomic E-state index is 6.06. The molecule has 18 heavy (non-hydrogen) atoms. The Morgan fingerprint density at radius 1 is 1.56 bits per heavy atom. The number of hydrogen-bond acceptors (Lipinski definition) is 4. The van der Waals surface area contributed by atoms with Gasteiger partial charge in [0.1, 0.15) is 5.76 Å². The number of nitrogens with zero attached hydrogens (tertiary/aromatic N) is 1. The monoisotopic (exact) mass is 252 g/mol. The molecule has 0 spiro atoms. The van der Waals surface area contributed by atoms with Gasteiger partial charge in [0.25, 0.3) is 0 Å². The van der Waals surface area contributed by atoms with Gasteiger partial charge in [-0.15, -0.1) is 0 Å². The minimum atomic E-state index is -0.0158. The molecule has 0 bridgehead atoms. The summed E-state index contributed by atoms with van der Waals surface area (Å²) in [6, 6.07) is 3.95. The Balaban J connectivity index is 2.11. The number of ether oxygens (including phenoxy) is 1. The Kier molecular flexibility index (Phi) is 4.43. The van der Waals surface area contributed by atoms with Crippen LogP contribution in [0.4, 0.5) is 0 Å². The molecule has 4 heteroatoms. The summed E-state index contributed by atoms with van der Waals surface area (Å²) >= 11 is 0. The average molecular weight is 252 g/mol. The Morgan fingerprint density at radius 2 is 2.39 bits per heavy atom. The summed E-state index contributed by atoms with van der Waals surface area (Å²) < 4.78 is 11.0. The maximum atomic E-state index is 6.06. The minimum Gasteiger partial charge on any atom is -0.468 e. The quantitative estimate of drug-likeness (QED) is 0.839. The number of nitrogens with two attached hydrogens (primary N) is 1. The van der Waals surface area contributed by atoms with E-state index < -0.39 is 0 Å². The number of hydrogen-bond donors (Lipinski definition) is 1. The van der Waals surface area contributed by atoms with Gasteiger partial charge in [-0.2, -0.15) is 0 Å². The van der Waals surface area contributed by atoms with Crippen LogP contribution in [0.1, 0.15) is 26.0 Å². The molecule has 0 radical (unpaired) electrons. The van der Waals surface area contributed by atoms with E-state index in [1.165, 1.54) is 0 Å². The molecule has 2 heterocycles. The topological polar surface area (TPSA) is 51.6 Å². The summed E-state index contributed by atoms with van der Waals surface area (Å²) in [5.74, 6) is 1.51. The van der Waals surface area contributed by atoms with E-state index in [-0.39, 0.29) is 5.54 Å². The van der Waals surface area contributed by atoms with E-state index in [2.05, 4.69) is 18.7 Å². The Hall–Kier alpha value is -0.840. The van der Waals surface area contributed by atoms with Gasteiger partial charge < -0.3 is 14.9 Å². The van der Waals surface area contributed by atoms with Gasteiger partial charge >= 0.3 is 0 Å². The number of furan rings is 1. The minimum absolute atomic E-state index is 0.0158. The predicted molar refractivity (Wildman–Crippen MR) is 71.2 cm³/mol. The molecule has 1 aromatic heterocycles. The standard InChI is InChI=1S/C14H24N2O2/c1-3-16(9-13-5-4-7-18-13)14(2,11-15)12-6-8-17-10-12/h4-5,7,12H,3,6,8-11,15H2,1-2H3. The number of likely N-dealkylation sites (N-methyl/N-ethyl adjacent to an activating group) is 1. The van der Waals surface area contributed by atoms with Crippen LogP contribution >= 0.6 is 0 Å². The van der Waals surface area contributed by atoms with Crippen LogP contribution in [0.5, 0.6) is 0 Å². The summed E-state index contributed by atoms with van der Waals surface area (Å²) in [4.78, 5) is 2.41. The van der Waals surface area contributed by atoms with Crippen molar-refractivity contribution < 1.29 is 9.15 Å². The van der Waals surface area contributed by atoms with Crippen molar-refractivity contribution in [3.05, 3.63) is 24.2 Å². The van der Waals surface area contributed by atoms with Crippen LogP contribution in [0.3, 0.4) is 0 Å². The first-order valence-electron chi connectivity index (χ1n) is 6.76. The fraction of sp³-hybridized carbons (Fsp3) is 0.714. The first-order valence-corrected chi connectivity index (χ1v) is 6.76. The molecule has 1 fully saturated rings. The molecule has 0 aliphatic carbocycles. The predicted octanol–water partition coefficient (Wildman–Crippen LogP) is 1.86. The molecule has 2 atom stereocenters. The molecular weight excluding hydrogens is 228 g/mol. The lowest BCUT2D eigenvalue weighted by atomic mass is 9.83. The molecule has 4 nitrogen and oxygen atoms in total. The molecule has 0 saturated carbocycles. The largest absolute Gasteiger partial charge is 0.468 e. The van der Waals surface area contributed by atoms with Gasteiger partial charge in [0.15, 0.2) is 0 Å². The normalized spacial score (nSPS) is 23.4. The summed E-state index contributed by atoms with van der Waals surface area (Å²) in [7, 11) is 0. The van der Waals surface area contributed by atoms with Gasteiger partial charge in [-0.05, 0) is 32.0 Å². The van der Waals surface area contributed by atoms with Crippen LogP contribution < -0.4 is 5.73 Å². The third-order valence-electron chi connectivity index (χ3n) is 4.25. The molecule has 1 saturated heterocycles. The SMILES string of the molecule is CCN(Cc1ccco1)C(C)(CN)C1CCOC1. The van der Waals surface area contributed by atoms with E-state index >= 15 is 0 Å². The van der Waals surface area contributed by atoms with Crippen LogP contribution in [-0.2, 0) is 11.3 Å².